The first kappa shape index (κ1) is 21.0. The summed E-state index contributed by atoms with van der Waals surface area (Å²) < 4.78 is 13.0. The Morgan fingerprint density at radius 2 is 1.94 bits per heavy atom. The monoisotopic (exact) mass is 455 g/mol. The van der Waals surface area contributed by atoms with Gasteiger partial charge in [0.1, 0.15) is 23.1 Å². The number of furan rings is 1. The minimum absolute atomic E-state index is 0.110. The van der Waals surface area contributed by atoms with Crippen LogP contribution in [0.3, 0.4) is 0 Å². The van der Waals surface area contributed by atoms with Crippen LogP contribution in [-0.2, 0) is 13.2 Å². The lowest BCUT2D eigenvalue weighted by atomic mass is 10.1. The van der Waals surface area contributed by atoms with Crippen LogP contribution in [0.4, 0.5) is 5.82 Å². The van der Waals surface area contributed by atoms with Gasteiger partial charge in [-0.3, -0.25) is 9.48 Å². The number of rotatable bonds is 7. The molecule has 0 aliphatic rings. The van der Waals surface area contributed by atoms with E-state index in [4.69, 9.17) is 32.4 Å². The van der Waals surface area contributed by atoms with Crippen molar-refractivity contribution in [3.8, 4) is 5.75 Å². The van der Waals surface area contributed by atoms with Gasteiger partial charge in [0.25, 0.3) is 5.91 Å². The number of aromatic nitrogens is 2. The number of carbonyl (C=O) groups is 1. The number of anilines is 1. The maximum absolute atomic E-state index is 12.5. The van der Waals surface area contributed by atoms with Gasteiger partial charge in [0.05, 0.1) is 11.6 Å². The first-order chi connectivity index (χ1) is 15.0. The highest BCUT2D eigenvalue weighted by Crippen LogP contribution is 2.32. The summed E-state index contributed by atoms with van der Waals surface area (Å²) in [6.45, 7) is 2.79. The lowest BCUT2D eigenvalue weighted by Gasteiger charge is -2.07. The molecule has 2 heterocycles. The number of hydrogen-bond donors (Lipinski definition) is 1. The molecule has 0 saturated heterocycles. The van der Waals surface area contributed by atoms with Gasteiger partial charge in [-0.2, -0.15) is 5.10 Å². The van der Waals surface area contributed by atoms with Crippen molar-refractivity contribution in [3.05, 3.63) is 99.6 Å². The molecule has 1 amide bonds. The number of aryl methyl sites for hydroxylation is 1. The highest BCUT2D eigenvalue weighted by molar-refractivity contribution is 6.42. The standard InChI is InChI=1S/C23H19Cl2N3O3/c1-15-5-2-3-6-16(15)13-28-12-11-21(27-28)26-23(29)20-10-9-17(31-20)14-30-19-8-4-7-18(24)22(19)25/h2-12H,13-14H2,1H3,(H,26,27,29). The third-order valence-corrected chi connectivity index (χ3v) is 5.45. The summed E-state index contributed by atoms with van der Waals surface area (Å²) in [6.07, 6.45) is 1.82. The largest absolute Gasteiger partial charge is 0.484 e. The smallest absolute Gasteiger partial charge is 0.292 e. The highest BCUT2D eigenvalue weighted by Gasteiger charge is 2.14. The Bertz CT molecular complexity index is 1220. The van der Waals surface area contributed by atoms with Crippen LogP contribution < -0.4 is 10.1 Å². The van der Waals surface area contributed by atoms with E-state index in [2.05, 4.69) is 29.5 Å². The van der Waals surface area contributed by atoms with Gasteiger partial charge >= 0.3 is 0 Å². The van der Waals surface area contributed by atoms with Crippen molar-refractivity contribution in [2.75, 3.05) is 5.32 Å². The van der Waals surface area contributed by atoms with Crippen LogP contribution in [-0.4, -0.2) is 15.7 Å². The summed E-state index contributed by atoms with van der Waals surface area (Å²) in [6, 6.07) is 18.2. The van der Waals surface area contributed by atoms with E-state index in [-0.39, 0.29) is 12.4 Å². The van der Waals surface area contributed by atoms with Gasteiger partial charge in [-0.05, 0) is 42.3 Å². The third-order valence-electron chi connectivity index (χ3n) is 4.65. The average Bonchev–Trinajstić information content (AvgIpc) is 3.40. The number of halogens is 2. The van der Waals surface area contributed by atoms with Crippen molar-refractivity contribution >= 4 is 34.9 Å². The Kier molecular flexibility index (Phi) is 6.30. The molecule has 0 aliphatic carbocycles. The van der Waals surface area contributed by atoms with E-state index in [1.54, 1.807) is 41.1 Å². The van der Waals surface area contributed by atoms with Crippen molar-refractivity contribution in [3.63, 3.8) is 0 Å². The van der Waals surface area contributed by atoms with Crippen LogP contribution in [0.5, 0.6) is 5.75 Å². The molecule has 31 heavy (non-hydrogen) atoms. The SMILES string of the molecule is Cc1ccccc1Cn1ccc(NC(=O)c2ccc(COc3cccc(Cl)c3Cl)o2)n1. The lowest BCUT2D eigenvalue weighted by Crippen LogP contribution is -2.12. The van der Waals surface area contributed by atoms with Gasteiger partial charge in [0.2, 0.25) is 0 Å². The van der Waals surface area contributed by atoms with Crippen LogP contribution in [0.2, 0.25) is 10.0 Å². The Morgan fingerprint density at radius 3 is 2.77 bits per heavy atom. The molecule has 2 aromatic heterocycles. The average molecular weight is 456 g/mol. The predicted octanol–water partition coefficient (Wildman–Crippen LogP) is 5.97. The number of hydrogen-bond acceptors (Lipinski definition) is 4. The van der Waals surface area contributed by atoms with Gasteiger partial charge in [-0.15, -0.1) is 0 Å². The van der Waals surface area contributed by atoms with Crippen LogP contribution in [0.1, 0.15) is 27.4 Å². The fourth-order valence-electron chi connectivity index (χ4n) is 2.98. The van der Waals surface area contributed by atoms with Gasteiger partial charge < -0.3 is 14.5 Å². The molecule has 0 aliphatic heterocycles. The summed E-state index contributed by atoms with van der Waals surface area (Å²) in [5.41, 5.74) is 2.35. The second-order valence-electron chi connectivity index (χ2n) is 6.89. The molecule has 0 saturated carbocycles. The molecule has 158 valence electrons. The molecule has 2 aromatic carbocycles. The number of amides is 1. The number of nitrogens with zero attached hydrogens (tertiary/aromatic N) is 2. The minimum atomic E-state index is -0.395. The van der Waals surface area contributed by atoms with E-state index < -0.39 is 5.91 Å². The zero-order valence-electron chi connectivity index (χ0n) is 16.6. The third kappa shape index (κ3) is 5.10. The van der Waals surface area contributed by atoms with Crippen molar-refractivity contribution in [2.24, 2.45) is 0 Å². The molecule has 0 spiro atoms. The van der Waals surface area contributed by atoms with Gasteiger partial charge in [-0.25, -0.2) is 0 Å². The molecular formula is C23H19Cl2N3O3. The summed E-state index contributed by atoms with van der Waals surface area (Å²) >= 11 is 12.1. The molecule has 4 rings (SSSR count). The second-order valence-corrected chi connectivity index (χ2v) is 7.67. The zero-order valence-corrected chi connectivity index (χ0v) is 18.2. The molecule has 6 nitrogen and oxygen atoms in total. The first-order valence-corrected chi connectivity index (χ1v) is 10.3. The first-order valence-electron chi connectivity index (χ1n) is 9.54. The highest BCUT2D eigenvalue weighted by atomic mass is 35.5. The van der Waals surface area contributed by atoms with E-state index in [9.17, 15) is 4.79 Å². The molecule has 1 N–H and O–H groups in total. The molecular weight excluding hydrogens is 437 g/mol. The quantitative estimate of drug-likeness (QED) is 0.372. The van der Waals surface area contributed by atoms with Crippen molar-refractivity contribution in [2.45, 2.75) is 20.1 Å². The molecule has 8 heteroatoms. The lowest BCUT2D eigenvalue weighted by molar-refractivity contribution is 0.0992. The van der Waals surface area contributed by atoms with E-state index in [0.717, 1.165) is 0 Å². The Balaban J connectivity index is 1.35. The van der Waals surface area contributed by atoms with Gasteiger partial charge in [0.15, 0.2) is 11.6 Å². The topological polar surface area (TPSA) is 69.3 Å². The molecule has 0 radical (unpaired) electrons. The number of carbonyl (C=O) groups excluding carboxylic acids is 1. The second kappa shape index (κ2) is 9.29. The van der Waals surface area contributed by atoms with Gasteiger partial charge in [-0.1, -0.05) is 53.5 Å². The molecule has 4 aromatic rings. The summed E-state index contributed by atoms with van der Waals surface area (Å²) in [4.78, 5) is 12.5. The van der Waals surface area contributed by atoms with E-state index in [1.165, 1.54) is 11.1 Å². The number of benzene rings is 2. The van der Waals surface area contributed by atoms with Crippen molar-refractivity contribution in [1.29, 1.82) is 0 Å². The van der Waals surface area contributed by atoms with E-state index >= 15 is 0 Å². The van der Waals surface area contributed by atoms with Crippen molar-refractivity contribution < 1.29 is 13.9 Å². The van der Waals surface area contributed by atoms with E-state index in [1.807, 2.05) is 18.3 Å². The summed E-state index contributed by atoms with van der Waals surface area (Å²) in [5.74, 6) is 1.12. The summed E-state index contributed by atoms with van der Waals surface area (Å²) in [5, 5.41) is 7.87. The number of nitrogens with one attached hydrogen (secondary N) is 1. The fourth-order valence-corrected chi connectivity index (χ4v) is 3.32. The van der Waals surface area contributed by atoms with E-state index in [0.29, 0.717) is 33.9 Å². The minimum Gasteiger partial charge on any atom is -0.484 e. The Morgan fingerprint density at radius 1 is 1.10 bits per heavy atom. The molecule has 0 atom stereocenters. The Labute approximate surface area is 189 Å². The fraction of sp³-hybridized carbons (Fsp3) is 0.130. The zero-order chi connectivity index (χ0) is 21.8. The summed E-state index contributed by atoms with van der Waals surface area (Å²) in [7, 11) is 0. The van der Waals surface area contributed by atoms with Crippen LogP contribution in [0, 0.1) is 6.92 Å². The van der Waals surface area contributed by atoms with Gasteiger partial charge in [0, 0.05) is 12.3 Å². The van der Waals surface area contributed by atoms with Crippen LogP contribution in [0.15, 0.2) is 71.3 Å². The molecule has 0 fully saturated rings. The molecule has 0 bridgehead atoms. The maximum Gasteiger partial charge on any atom is 0.292 e. The maximum atomic E-state index is 12.5. The Hall–Kier alpha value is -3.22. The van der Waals surface area contributed by atoms with Crippen molar-refractivity contribution in [1.82, 2.24) is 9.78 Å². The van der Waals surface area contributed by atoms with Crippen LogP contribution in [0.25, 0.3) is 0 Å². The normalized spacial score (nSPS) is 10.8. The molecule has 0 unspecified atom stereocenters. The number of ether oxygens (including phenoxy) is 1. The van der Waals surface area contributed by atoms with Crippen LogP contribution >= 0.6 is 23.2 Å². The predicted molar refractivity (Wildman–Crippen MR) is 120 cm³/mol.